The molecule has 0 atom stereocenters. The Kier molecular flexibility index (Phi) is 2.68. The van der Waals surface area contributed by atoms with Gasteiger partial charge in [0.25, 0.3) is 5.82 Å². The molecule has 2 aromatic rings. The van der Waals surface area contributed by atoms with Crippen molar-refractivity contribution in [1.82, 2.24) is 14.8 Å². The van der Waals surface area contributed by atoms with Gasteiger partial charge in [-0.1, -0.05) is 17.7 Å². The lowest BCUT2D eigenvalue weighted by Gasteiger charge is -1.99. The van der Waals surface area contributed by atoms with Crippen LogP contribution in [0.5, 0.6) is 0 Å². The zero-order chi connectivity index (χ0) is 11.5. The van der Waals surface area contributed by atoms with Gasteiger partial charge in [0.2, 0.25) is 0 Å². The predicted octanol–water partition coefficient (Wildman–Crippen LogP) is 1.36. The molecule has 0 aliphatic carbocycles. The second-order valence-electron chi connectivity index (χ2n) is 3.34. The van der Waals surface area contributed by atoms with Crippen LogP contribution in [-0.2, 0) is 4.74 Å². The van der Waals surface area contributed by atoms with Gasteiger partial charge < -0.3 is 4.74 Å². The first-order valence-electron chi connectivity index (χ1n) is 4.78. The predicted molar refractivity (Wildman–Crippen MR) is 57.4 cm³/mol. The summed E-state index contributed by atoms with van der Waals surface area (Å²) < 4.78 is 6.06. The number of nitrogens with zero attached hydrogens (tertiary/aromatic N) is 3. The Morgan fingerprint density at radius 1 is 1.31 bits per heavy atom. The van der Waals surface area contributed by atoms with Gasteiger partial charge in [0, 0.05) is 0 Å². The third kappa shape index (κ3) is 1.93. The van der Waals surface area contributed by atoms with E-state index in [4.69, 9.17) is 0 Å². The van der Waals surface area contributed by atoms with Gasteiger partial charge in [-0.15, -0.1) is 5.10 Å². The summed E-state index contributed by atoms with van der Waals surface area (Å²) in [6.45, 7) is 2.00. The Bertz CT molecular complexity index is 502. The minimum absolute atomic E-state index is 0.0584. The van der Waals surface area contributed by atoms with E-state index in [9.17, 15) is 4.79 Å². The molecule has 0 aliphatic rings. The monoisotopic (exact) mass is 217 g/mol. The fourth-order valence-corrected chi connectivity index (χ4v) is 1.27. The van der Waals surface area contributed by atoms with Crippen LogP contribution >= 0.6 is 0 Å². The van der Waals surface area contributed by atoms with Crippen molar-refractivity contribution < 1.29 is 9.53 Å². The SMILES string of the molecule is COC(=O)c1ncn(-c2ccc(C)cc2)n1. The molecule has 82 valence electrons. The third-order valence-electron chi connectivity index (χ3n) is 2.16. The molecule has 2 rings (SSSR count). The fourth-order valence-electron chi connectivity index (χ4n) is 1.27. The van der Waals surface area contributed by atoms with Crippen molar-refractivity contribution in [3.8, 4) is 5.69 Å². The van der Waals surface area contributed by atoms with Crippen LogP contribution in [0.4, 0.5) is 0 Å². The van der Waals surface area contributed by atoms with Gasteiger partial charge in [-0.3, -0.25) is 0 Å². The molecular formula is C11H11N3O2. The van der Waals surface area contributed by atoms with Gasteiger partial charge in [0.05, 0.1) is 12.8 Å². The van der Waals surface area contributed by atoms with Crippen LogP contribution in [0.1, 0.15) is 16.2 Å². The number of benzene rings is 1. The number of hydrogen-bond acceptors (Lipinski definition) is 4. The van der Waals surface area contributed by atoms with Crippen molar-refractivity contribution in [2.24, 2.45) is 0 Å². The van der Waals surface area contributed by atoms with Gasteiger partial charge in [-0.05, 0) is 19.1 Å². The number of esters is 1. The average Bonchev–Trinajstić information content (AvgIpc) is 2.78. The minimum atomic E-state index is -0.536. The summed E-state index contributed by atoms with van der Waals surface area (Å²) in [7, 11) is 1.30. The fraction of sp³-hybridized carbons (Fsp3) is 0.182. The Labute approximate surface area is 92.7 Å². The zero-order valence-electron chi connectivity index (χ0n) is 9.04. The molecule has 1 heterocycles. The number of hydrogen-bond donors (Lipinski definition) is 0. The van der Waals surface area contributed by atoms with Crippen molar-refractivity contribution in [3.05, 3.63) is 42.0 Å². The number of methoxy groups -OCH3 is 1. The van der Waals surface area contributed by atoms with Crippen LogP contribution in [0.15, 0.2) is 30.6 Å². The van der Waals surface area contributed by atoms with Crippen molar-refractivity contribution in [3.63, 3.8) is 0 Å². The van der Waals surface area contributed by atoms with Crippen LogP contribution in [0.25, 0.3) is 5.69 Å². The number of aromatic nitrogens is 3. The number of ether oxygens (including phenoxy) is 1. The van der Waals surface area contributed by atoms with E-state index in [1.807, 2.05) is 31.2 Å². The van der Waals surface area contributed by atoms with Crippen molar-refractivity contribution >= 4 is 5.97 Å². The lowest BCUT2D eigenvalue weighted by Crippen LogP contribution is -2.05. The summed E-state index contributed by atoms with van der Waals surface area (Å²) in [6, 6.07) is 7.75. The quantitative estimate of drug-likeness (QED) is 0.713. The molecule has 0 fully saturated rings. The Morgan fingerprint density at radius 2 is 2.00 bits per heavy atom. The van der Waals surface area contributed by atoms with E-state index in [0.29, 0.717) is 0 Å². The largest absolute Gasteiger partial charge is 0.463 e. The molecule has 5 nitrogen and oxygen atoms in total. The Hall–Kier alpha value is -2.17. The third-order valence-corrected chi connectivity index (χ3v) is 2.16. The highest BCUT2D eigenvalue weighted by Gasteiger charge is 2.11. The molecule has 16 heavy (non-hydrogen) atoms. The van der Waals surface area contributed by atoms with E-state index in [-0.39, 0.29) is 5.82 Å². The lowest BCUT2D eigenvalue weighted by atomic mass is 10.2. The Balaban J connectivity index is 2.31. The van der Waals surface area contributed by atoms with Crippen molar-refractivity contribution in [2.45, 2.75) is 6.92 Å². The molecule has 0 spiro atoms. The maximum Gasteiger partial charge on any atom is 0.377 e. The van der Waals surface area contributed by atoms with E-state index in [2.05, 4.69) is 14.8 Å². The summed E-state index contributed by atoms with van der Waals surface area (Å²) in [4.78, 5) is 15.0. The number of carbonyl (C=O) groups is 1. The van der Waals surface area contributed by atoms with Crippen LogP contribution < -0.4 is 0 Å². The first kappa shape index (κ1) is 10.4. The smallest absolute Gasteiger partial charge is 0.377 e. The molecule has 0 saturated carbocycles. The molecule has 0 saturated heterocycles. The van der Waals surface area contributed by atoms with Crippen LogP contribution in [0.2, 0.25) is 0 Å². The first-order valence-corrected chi connectivity index (χ1v) is 4.78. The molecule has 0 amide bonds. The highest BCUT2D eigenvalue weighted by Crippen LogP contribution is 2.07. The average molecular weight is 217 g/mol. The molecule has 0 bridgehead atoms. The standard InChI is InChI=1S/C11H11N3O2/c1-8-3-5-9(6-4-8)14-7-12-10(13-14)11(15)16-2/h3-7H,1-2H3. The van der Waals surface area contributed by atoms with Gasteiger partial charge >= 0.3 is 5.97 Å². The molecular weight excluding hydrogens is 206 g/mol. The van der Waals surface area contributed by atoms with E-state index in [1.165, 1.54) is 18.1 Å². The maximum atomic E-state index is 11.2. The summed E-state index contributed by atoms with van der Waals surface area (Å²) in [5.74, 6) is -0.478. The van der Waals surface area contributed by atoms with Gasteiger partial charge in [-0.2, -0.15) is 0 Å². The molecule has 0 radical (unpaired) electrons. The minimum Gasteiger partial charge on any atom is -0.463 e. The van der Waals surface area contributed by atoms with Crippen molar-refractivity contribution in [2.75, 3.05) is 7.11 Å². The van der Waals surface area contributed by atoms with Gasteiger partial charge in [0.15, 0.2) is 0 Å². The molecule has 0 N–H and O–H groups in total. The number of aryl methyl sites for hydroxylation is 1. The van der Waals surface area contributed by atoms with Crippen molar-refractivity contribution in [1.29, 1.82) is 0 Å². The second kappa shape index (κ2) is 4.14. The summed E-state index contributed by atoms with van der Waals surface area (Å²) >= 11 is 0. The second-order valence-corrected chi connectivity index (χ2v) is 3.34. The van der Waals surface area contributed by atoms with E-state index in [1.54, 1.807) is 0 Å². The number of carbonyl (C=O) groups excluding carboxylic acids is 1. The molecule has 0 aliphatic heterocycles. The lowest BCUT2D eigenvalue weighted by molar-refractivity contribution is 0.0587. The summed E-state index contributed by atoms with van der Waals surface area (Å²) in [5, 5.41) is 4.01. The normalized spacial score (nSPS) is 10.1. The zero-order valence-corrected chi connectivity index (χ0v) is 9.04. The topological polar surface area (TPSA) is 57.0 Å². The van der Waals surface area contributed by atoms with E-state index >= 15 is 0 Å². The molecule has 1 aromatic heterocycles. The van der Waals surface area contributed by atoms with Gasteiger partial charge in [0.1, 0.15) is 6.33 Å². The molecule has 1 aromatic carbocycles. The van der Waals surface area contributed by atoms with Crippen LogP contribution in [0.3, 0.4) is 0 Å². The number of rotatable bonds is 2. The van der Waals surface area contributed by atoms with Crippen LogP contribution in [-0.4, -0.2) is 27.8 Å². The van der Waals surface area contributed by atoms with E-state index in [0.717, 1.165) is 11.3 Å². The maximum absolute atomic E-state index is 11.2. The first-order chi connectivity index (χ1) is 7.70. The van der Waals surface area contributed by atoms with E-state index < -0.39 is 5.97 Å². The van der Waals surface area contributed by atoms with Crippen LogP contribution in [0, 0.1) is 6.92 Å². The summed E-state index contributed by atoms with van der Waals surface area (Å²) in [6.07, 6.45) is 1.48. The van der Waals surface area contributed by atoms with Gasteiger partial charge in [-0.25, -0.2) is 14.5 Å². The highest BCUT2D eigenvalue weighted by molar-refractivity contribution is 5.84. The summed E-state index contributed by atoms with van der Waals surface area (Å²) in [5.41, 5.74) is 2.02. The highest BCUT2D eigenvalue weighted by atomic mass is 16.5. The molecule has 5 heteroatoms. The Morgan fingerprint density at radius 3 is 2.62 bits per heavy atom. The molecule has 0 unspecified atom stereocenters.